The molecule has 2 heterocycles. The first-order chi connectivity index (χ1) is 9.33. The number of nitrogens with zero attached hydrogens (tertiary/aromatic N) is 1. The van der Waals surface area contributed by atoms with Gasteiger partial charge < -0.3 is 10.5 Å². The van der Waals surface area contributed by atoms with E-state index in [2.05, 4.69) is 29.2 Å². The summed E-state index contributed by atoms with van der Waals surface area (Å²) in [6.45, 7) is 0.820. The Bertz CT molecular complexity index is 568. The fourth-order valence-corrected chi connectivity index (χ4v) is 2.66. The van der Waals surface area contributed by atoms with Gasteiger partial charge in [-0.25, -0.2) is 4.98 Å². The number of pyridine rings is 1. The summed E-state index contributed by atoms with van der Waals surface area (Å²) in [7, 11) is 0. The van der Waals surface area contributed by atoms with Gasteiger partial charge in [0.1, 0.15) is 5.82 Å². The summed E-state index contributed by atoms with van der Waals surface area (Å²) >= 11 is 0. The number of aryl methyl sites for hydroxylation is 1. The van der Waals surface area contributed by atoms with Gasteiger partial charge in [-0.1, -0.05) is 24.3 Å². The highest BCUT2D eigenvalue weighted by molar-refractivity contribution is 5.33. The molecule has 0 radical (unpaired) electrons. The molecule has 1 aromatic carbocycles. The van der Waals surface area contributed by atoms with E-state index in [0.717, 1.165) is 25.9 Å². The first-order valence-electron chi connectivity index (χ1n) is 6.73. The maximum atomic E-state index is 5.91. The molecule has 1 aromatic heterocycles. The lowest BCUT2D eigenvalue weighted by atomic mass is 9.94. The Kier molecular flexibility index (Phi) is 3.47. The molecular formula is C16H18N2O. The quantitative estimate of drug-likeness (QED) is 0.916. The molecule has 3 heteroatoms. The van der Waals surface area contributed by atoms with Crippen molar-refractivity contribution in [3.8, 4) is 0 Å². The standard InChI is InChI=1S/C16H18N2O/c17-16-11-12(7-9-18-16)5-6-15-14-4-2-1-3-13(14)8-10-19-15/h1-4,7,9,11,15H,5-6,8,10H2,(H2,17,18). The summed E-state index contributed by atoms with van der Waals surface area (Å²) in [5, 5.41) is 0. The third-order valence-electron chi connectivity index (χ3n) is 3.63. The van der Waals surface area contributed by atoms with Crippen molar-refractivity contribution in [1.29, 1.82) is 0 Å². The molecule has 98 valence electrons. The van der Waals surface area contributed by atoms with Gasteiger partial charge in [-0.2, -0.15) is 0 Å². The van der Waals surface area contributed by atoms with Crippen LogP contribution in [0.1, 0.15) is 29.2 Å². The highest BCUT2D eigenvalue weighted by Crippen LogP contribution is 2.30. The lowest BCUT2D eigenvalue weighted by molar-refractivity contribution is 0.0368. The minimum Gasteiger partial charge on any atom is -0.384 e. The predicted molar refractivity (Wildman–Crippen MR) is 75.8 cm³/mol. The van der Waals surface area contributed by atoms with Crippen molar-refractivity contribution in [2.45, 2.75) is 25.4 Å². The van der Waals surface area contributed by atoms with Crippen molar-refractivity contribution in [2.75, 3.05) is 12.3 Å². The van der Waals surface area contributed by atoms with Crippen LogP contribution in [0.5, 0.6) is 0 Å². The lowest BCUT2D eigenvalue weighted by Gasteiger charge is -2.26. The molecule has 0 aliphatic carbocycles. The van der Waals surface area contributed by atoms with Gasteiger partial charge in [-0.15, -0.1) is 0 Å². The number of nitrogen functional groups attached to an aromatic ring is 1. The predicted octanol–water partition coefficient (Wildman–Crippen LogP) is 2.91. The fraction of sp³-hybridized carbons (Fsp3) is 0.312. The highest BCUT2D eigenvalue weighted by Gasteiger charge is 2.19. The number of aromatic nitrogens is 1. The zero-order valence-corrected chi connectivity index (χ0v) is 10.9. The van der Waals surface area contributed by atoms with Crippen LogP contribution in [-0.2, 0) is 17.6 Å². The molecule has 0 saturated carbocycles. The third kappa shape index (κ3) is 2.76. The summed E-state index contributed by atoms with van der Waals surface area (Å²) in [6.07, 6.45) is 4.95. The summed E-state index contributed by atoms with van der Waals surface area (Å²) in [5.41, 5.74) is 9.69. The SMILES string of the molecule is Nc1cc(CCC2OCCc3ccccc32)ccn1. The number of ether oxygens (including phenoxy) is 1. The normalized spacial score (nSPS) is 18.0. The van der Waals surface area contributed by atoms with Crippen molar-refractivity contribution >= 4 is 5.82 Å². The number of nitrogens with two attached hydrogens (primary N) is 1. The molecule has 0 bridgehead atoms. The van der Waals surface area contributed by atoms with E-state index in [1.807, 2.05) is 12.1 Å². The molecule has 2 aromatic rings. The number of fused-ring (bicyclic) bond motifs is 1. The van der Waals surface area contributed by atoms with E-state index < -0.39 is 0 Å². The number of anilines is 1. The smallest absolute Gasteiger partial charge is 0.123 e. The average Bonchev–Trinajstić information content (AvgIpc) is 2.45. The molecule has 3 rings (SSSR count). The molecule has 1 unspecified atom stereocenters. The summed E-state index contributed by atoms with van der Waals surface area (Å²) in [6, 6.07) is 12.5. The molecule has 1 aliphatic heterocycles. The molecule has 0 fully saturated rings. The number of hydrogen-bond donors (Lipinski definition) is 1. The Balaban J connectivity index is 1.71. The van der Waals surface area contributed by atoms with E-state index in [4.69, 9.17) is 10.5 Å². The summed E-state index contributed by atoms with van der Waals surface area (Å²) < 4.78 is 5.91. The molecule has 1 atom stereocenters. The van der Waals surface area contributed by atoms with Gasteiger partial charge >= 0.3 is 0 Å². The maximum Gasteiger partial charge on any atom is 0.123 e. The van der Waals surface area contributed by atoms with E-state index in [9.17, 15) is 0 Å². The average molecular weight is 254 g/mol. The van der Waals surface area contributed by atoms with E-state index in [-0.39, 0.29) is 6.10 Å². The fourth-order valence-electron chi connectivity index (χ4n) is 2.66. The van der Waals surface area contributed by atoms with Crippen molar-refractivity contribution in [2.24, 2.45) is 0 Å². The van der Waals surface area contributed by atoms with Crippen LogP contribution in [0.4, 0.5) is 5.82 Å². The van der Waals surface area contributed by atoms with Crippen molar-refractivity contribution in [3.63, 3.8) is 0 Å². The van der Waals surface area contributed by atoms with Gasteiger partial charge in [0.25, 0.3) is 0 Å². The maximum absolute atomic E-state index is 5.91. The summed E-state index contributed by atoms with van der Waals surface area (Å²) in [4.78, 5) is 4.02. The lowest BCUT2D eigenvalue weighted by Crippen LogP contribution is -2.16. The number of benzene rings is 1. The molecular weight excluding hydrogens is 236 g/mol. The van der Waals surface area contributed by atoms with Crippen LogP contribution in [0.15, 0.2) is 42.6 Å². The highest BCUT2D eigenvalue weighted by atomic mass is 16.5. The third-order valence-corrected chi connectivity index (χ3v) is 3.63. The molecule has 0 saturated heterocycles. The van der Waals surface area contributed by atoms with Crippen LogP contribution >= 0.6 is 0 Å². The zero-order valence-electron chi connectivity index (χ0n) is 10.9. The first-order valence-corrected chi connectivity index (χ1v) is 6.73. The van der Waals surface area contributed by atoms with Crippen LogP contribution < -0.4 is 5.73 Å². The minimum absolute atomic E-state index is 0.208. The Morgan fingerprint density at radius 1 is 1.26 bits per heavy atom. The molecule has 0 spiro atoms. The number of rotatable bonds is 3. The minimum atomic E-state index is 0.208. The molecule has 1 aliphatic rings. The Morgan fingerprint density at radius 2 is 2.16 bits per heavy atom. The molecule has 0 amide bonds. The van der Waals surface area contributed by atoms with Crippen molar-refractivity contribution in [1.82, 2.24) is 4.98 Å². The van der Waals surface area contributed by atoms with Gasteiger partial charge in [0.2, 0.25) is 0 Å². The Labute approximate surface area is 113 Å². The largest absolute Gasteiger partial charge is 0.384 e. The molecule has 19 heavy (non-hydrogen) atoms. The number of hydrogen-bond acceptors (Lipinski definition) is 3. The topological polar surface area (TPSA) is 48.1 Å². The van der Waals surface area contributed by atoms with E-state index in [1.165, 1.54) is 16.7 Å². The van der Waals surface area contributed by atoms with Crippen molar-refractivity contribution in [3.05, 3.63) is 59.3 Å². The molecule has 2 N–H and O–H groups in total. The molecule has 3 nitrogen and oxygen atoms in total. The van der Waals surface area contributed by atoms with Crippen LogP contribution in [0.25, 0.3) is 0 Å². The second-order valence-electron chi connectivity index (χ2n) is 4.94. The van der Waals surface area contributed by atoms with Gasteiger partial charge in [-0.05, 0) is 48.1 Å². The van der Waals surface area contributed by atoms with E-state index in [1.54, 1.807) is 6.20 Å². The van der Waals surface area contributed by atoms with Gasteiger partial charge in [0.05, 0.1) is 12.7 Å². The second kappa shape index (κ2) is 5.41. The Hall–Kier alpha value is -1.87. The second-order valence-corrected chi connectivity index (χ2v) is 4.94. The first kappa shape index (κ1) is 12.2. The van der Waals surface area contributed by atoms with Crippen LogP contribution in [0, 0.1) is 0 Å². The van der Waals surface area contributed by atoms with Gasteiger partial charge in [-0.3, -0.25) is 0 Å². The summed E-state index contributed by atoms with van der Waals surface area (Å²) in [5.74, 6) is 0.586. The van der Waals surface area contributed by atoms with E-state index >= 15 is 0 Å². The zero-order chi connectivity index (χ0) is 13.1. The van der Waals surface area contributed by atoms with Crippen LogP contribution in [-0.4, -0.2) is 11.6 Å². The van der Waals surface area contributed by atoms with Gasteiger partial charge in [0, 0.05) is 6.20 Å². The van der Waals surface area contributed by atoms with Crippen LogP contribution in [0.2, 0.25) is 0 Å². The Morgan fingerprint density at radius 3 is 3.05 bits per heavy atom. The van der Waals surface area contributed by atoms with Gasteiger partial charge in [0.15, 0.2) is 0 Å². The van der Waals surface area contributed by atoms with Crippen LogP contribution in [0.3, 0.4) is 0 Å². The van der Waals surface area contributed by atoms with E-state index in [0.29, 0.717) is 5.82 Å². The van der Waals surface area contributed by atoms with Crippen molar-refractivity contribution < 1.29 is 4.74 Å². The monoisotopic (exact) mass is 254 g/mol.